The maximum atomic E-state index is 10.7. The summed E-state index contributed by atoms with van der Waals surface area (Å²) < 4.78 is 5.47. The van der Waals surface area contributed by atoms with Crippen LogP contribution in [0, 0.1) is 0 Å². The third-order valence-electron chi connectivity index (χ3n) is 1.44. The van der Waals surface area contributed by atoms with E-state index >= 15 is 0 Å². The molecule has 0 aliphatic carbocycles. The van der Waals surface area contributed by atoms with Crippen LogP contribution in [-0.4, -0.2) is 18.2 Å². The lowest BCUT2D eigenvalue weighted by Crippen LogP contribution is -2.00. The molecule has 0 heterocycles. The van der Waals surface area contributed by atoms with Crippen LogP contribution in [0.25, 0.3) is 0 Å². The minimum Gasteiger partial charge on any atom is -0.494 e. The van der Waals surface area contributed by atoms with Gasteiger partial charge in [0, 0.05) is 4.47 Å². The molecule has 0 atom stereocenters. The smallest absolute Gasteiger partial charge is 0.339 e. The predicted octanol–water partition coefficient (Wildman–Crippen LogP) is 2.81. The van der Waals surface area contributed by atoms with Crippen molar-refractivity contribution in [3.8, 4) is 5.75 Å². The number of hydrogen-bond acceptors (Lipinski definition) is 2. The second-order valence-electron chi connectivity index (χ2n) is 2.27. The average molecular weight is 265 g/mol. The van der Waals surface area contributed by atoms with Crippen LogP contribution in [-0.2, 0) is 0 Å². The van der Waals surface area contributed by atoms with Gasteiger partial charge in [-0.15, -0.1) is 0 Å². The van der Waals surface area contributed by atoms with Gasteiger partial charge in [-0.2, -0.15) is 0 Å². The number of benzene rings is 1. The molecule has 0 bridgehead atoms. The first-order valence-electron chi connectivity index (χ1n) is 3.32. The molecule has 0 fully saturated rings. The van der Waals surface area contributed by atoms with Gasteiger partial charge in [-0.25, -0.2) is 4.79 Å². The molecule has 3 nitrogen and oxygen atoms in total. The van der Waals surface area contributed by atoms with E-state index in [1.165, 1.54) is 13.2 Å². The second kappa shape index (κ2) is 3.98. The summed E-state index contributed by atoms with van der Waals surface area (Å²) in [6.07, 6.45) is 0. The number of hydrogen-bond donors (Lipinski definition) is 1. The summed E-state index contributed by atoms with van der Waals surface area (Å²) in [5.74, 6) is -0.891. The molecule has 0 aliphatic rings. The zero-order valence-electron chi connectivity index (χ0n) is 6.67. The number of carbonyl (C=O) groups is 1. The van der Waals surface area contributed by atoms with Crippen molar-refractivity contribution in [2.45, 2.75) is 0 Å². The highest BCUT2D eigenvalue weighted by molar-refractivity contribution is 9.10. The van der Waals surface area contributed by atoms with Crippen molar-refractivity contribution < 1.29 is 14.6 Å². The van der Waals surface area contributed by atoms with Gasteiger partial charge in [-0.1, -0.05) is 27.5 Å². The first-order chi connectivity index (χ1) is 6.06. The molecule has 0 amide bonds. The Morgan fingerprint density at radius 2 is 2.23 bits per heavy atom. The van der Waals surface area contributed by atoms with E-state index in [0.29, 0.717) is 4.47 Å². The summed E-state index contributed by atoms with van der Waals surface area (Å²) in [6, 6.07) is 3.01. The van der Waals surface area contributed by atoms with Crippen LogP contribution in [0.15, 0.2) is 16.6 Å². The highest BCUT2D eigenvalue weighted by atomic mass is 79.9. The van der Waals surface area contributed by atoms with Gasteiger partial charge in [-0.05, 0) is 12.1 Å². The van der Waals surface area contributed by atoms with Crippen molar-refractivity contribution in [3.05, 3.63) is 27.2 Å². The Balaban J connectivity index is 3.38. The van der Waals surface area contributed by atoms with E-state index in [9.17, 15) is 4.79 Å². The van der Waals surface area contributed by atoms with Crippen LogP contribution in [0.5, 0.6) is 5.75 Å². The van der Waals surface area contributed by atoms with Gasteiger partial charge in [0.2, 0.25) is 0 Å². The SMILES string of the molecule is COc1c(Cl)cc(Br)cc1C(=O)O. The number of carboxylic acid groups (broad SMARTS) is 1. The lowest BCUT2D eigenvalue weighted by Gasteiger charge is -2.06. The van der Waals surface area contributed by atoms with Crippen LogP contribution in [0.2, 0.25) is 5.02 Å². The van der Waals surface area contributed by atoms with Crippen molar-refractivity contribution >= 4 is 33.5 Å². The molecule has 1 aromatic carbocycles. The summed E-state index contributed by atoms with van der Waals surface area (Å²) in [7, 11) is 1.38. The highest BCUT2D eigenvalue weighted by Crippen LogP contribution is 2.32. The quantitative estimate of drug-likeness (QED) is 0.894. The Kier molecular flexibility index (Phi) is 3.17. The first-order valence-corrected chi connectivity index (χ1v) is 4.49. The number of rotatable bonds is 2. The molecule has 0 saturated carbocycles. The monoisotopic (exact) mass is 264 g/mol. The van der Waals surface area contributed by atoms with E-state index in [2.05, 4.69) is 15.9 Å². The van der Waals surface area contributed by atoms with Crippen molar-refractivity contribution in [1.29, 1.82) is 0 Å². The summed E-state index contributed by atoms with van der Waals surface area (Å²) in [5, 5.41) is 9.06. The van der Waals surface area contributed by atoms with E-state index in [-0.39, 0.29) is 16.3 Å². The Hall–Kier alpha value is -0.740. The molecule has 1 rings (SSSR count). The minimum atomic E-state index is -1.07. The number of ether oxygens (including phenoxy) is 1. The molecule has 0 aromatic heterocycles. The number of methoxy groups -OCH3 is 1. The van der Waals surface area contributed by atoms with Crippen LogP contribution in [0.3, 0.4) is 0 Å². The number of aromatic carboxylic acids is 1. The van der Waals surface area contributed by atoms with E-state index in [1.54, 1.807) is 6.07 Å². The summed E-state index contributed by atoms with van der Waals surface area (Å²) in [4.78, 5) is 10.7. The van der Waals surface area contributed by atoms with Crippen molar-refractivity contribution in [1.82, 2.24) is 0 Å². The maximum absolute atomic E-state index is 10.7. The molecule has 0 unspecified atom stereocenters. The molecular formula is C8H6BrClO3. The van der Waals surface area contributed by atoms with Gasteiger partial charge in [0.15, 0.2) is 5.75 Å². The van der Waals surface area contributed by atoms with Crippen molar-refractivity contribution in [2.24, 2.45) is 0 Å². The van der Waals surface area contributed by atoms with Gasteiger partial charge < -0.3 is 9.84 Å². The van der Waals surface area contributed by atoms with Gasteiger partial charge in [0.25, 0.3) is 0 Å². The molecule has 0 spiro atoms. The average Bonchev–Trinajstić information content (AvgIpc) is 2.02. The summed E-state index contributed by atoms with van der Waals surface area (Å²) >= 11 is 8.90. The van der Waals surface area contributed by atoms with Crippen molar-refractivity contribution in [2.75, 3.05) is 7.11 Å². The maximum Gasteiger partial charge on any atom is 0.339 e. The molecule has 0 radical (unpaired) electrons. The zero-order valence-corrected chi connectivity index (χ0v) is 9.02. The lowest BCUT2D eigenvalue weighted by atomic mass is 10.2. The number of halogens is 2. The fraction of sp³-hybridized carbons (Fsp3) is 0.125. The highest BCUT2D eigenvalue weighted by Gasteiger charge is 2.14. The zero-order chi connectivity index (χ0) is 10.0. The van der Waals surface area contributed by atoms with E-state index < -0.39 is 5.97 Å². The van der Waals surface area contributed by atoms with Gasteiger partial charge in [0.1, 0.15) is 5.56 Å². The van der Waals surface area contributed by atoms with E-state index in [4.69, 9.17) is 21.4 Å². The fourth-order valence-electron chi connectivity index (χ4n) is 0.927. The van der Waals surface area contributed by atoms with Crippen LogP contribution < -0.4 is 4.74 Å². The fourth-order valence-corrected chi connectivity index (χ4v) is 1.81. The van der Waals surface area contributed by atoms with Gasteiger partial charge >= 0.3 is 5.97 Å². The molecule has 13 heavy (non-hydrogen) atoms. The van der Waals surface area contributed by atoms with Gasteiger partial charge in [0.05, 0.1) is 12.1 Å². The van der Waals surface area contributed by atoms with Gasteiger partial charge in [-0.3, -0.25) is 0 Å². The van der Waals surface area contributed by atoms with E-state index in [1.807, 2.05) is 0 Å². The molecule has 70 valence electrons. The predicted molar refractivity (Wildman–Crippen MR) is 52.7 cm³/mol. The molecule has 5 heteroatoms. The van der Waals surface area contributed by atoms with E-state index in [0.717, 1.165) is 0 Å². The number of carboxylic acids is 1. The molecule has 1 N–H and O–H groups in total. The molecule has 0 aliphatic heterocycles. The molecule has 0 saturated heterocycles. The third-order valence-corrected chi connectivity index (χ3v) is 2.18. The summed E-state index contributed by atoms with van der Waals surface area (Å²) in [6.45, 7) is 0. The Bertz CT molecular complexity index is 351. The van der Waals surface area contributed by atoms with Crippen LogP contribution in [0.1, 0.15) is 10.4 Å². The molecule has 1 aromatic rings. The topological polar surface area (TPSA) is 46.5 Å². The Morgan fingerprint density at radius 1 is 1.62 bits per heavy atom. The normalized spacial score (nSPS) is 9.77. The second-order valence-corrected chi connectivity index (χ2v) is 3.60. The Morgan fingerprint density at radius 3 is 2.69 bits per heavy atom. The largest absolute Gasteiger partial charge is 0.494 e. The van der Waals surface area contributed by atoms with Crippen LogP contribution in [0.4, 0.5) is 0 Å². The Labute approximate surface area is 88.4 Å². The molecular weight excluding hydrogens is 259 g/mol. The standard InChI is InChI=1S/C8H6BrClO3/c1-13-7-5(8(11)12)2-4(9)3-6(7)10/h2-3H,1H3,(H,11,12). The minimum absolute atomic E-state index is 0.0434. The third kappa shape index (κ3) is 2.14. The van der Waals surface area contributed by atoms with Crippen molar-refractivity contribution in [3.63, 3.8) is 0 Å². The lowest BCUT2D eigenvalue weighted by molar-refractivity contribution is 0.0693. The van der Waals surface area contributed by atoms with Crippen LogP contribution >= 0.6 is 27.5 Å². The first kappa shape index (κ1) is 10.3. The summed E-state index contributed by atoms with van der Waals surface area (Å²) in [5.41, 5.74) is 0.0434.